The van der Waals surface area contributed by atoms with E-state index in [1.807, 2.05) is 37.3 Å². The lowest BCUT2D eigenvalue weighted by molar-refractivity contribution is 0.0690. The van der Waals surface area contributed by atoms with Crippen LogP contribution in [0.15, 0.2) is 36.4 Å². The molecule has 5 nitrogen and oxygen atoms in total. The maximum absolute atomic E-state index is 11.5. The van der Waals surface area contributed by atoms with Gasteiger partial charge < -0.3 is 9.84 Å². The quantitative estimate of drug-likeness (QED) is 0.526. The number of carbonyl (C=O) groups is 1. The van der Waals surface area contributed by atoms with E-state index in [0.717, 1.165) is 31.7 Å². The molecule has 0 aliphatic heterocycles. The molecule has 3 aromatic heterocycles. The molecule has 130 valence electrons. The number of carboxylic acid groups (broad SMARTS) is 1. The fourth-order valence-corrected chi connectivity index (χ4v) is 4.25. The Labute approximate surface area is 157 Å². The highest BCUT2D eigenvalue weighted by molar-refractivity contribution is 7.25. The maximum atomic E-state index is 11.5. The fraction of sp³-hybridized carbons (Fsp3) is 0.105. The van der Waals surface area contributed by atoms with Crippen LogP contribution < -0.4 is 4.74 Å². The number of benzene rings is 1. The van der Waals surface area contributed by atoms with Crippen molar-refractivity contribution in [1.29, 1.82) is 0 Å². The zero-order chi connectivity index (χ0) is 18.4. The monoisotopic (exact) mass is 384 g/mol. The van der Waals surface area contributed by atoms with Crippen molar-refractivity contribution >= 4 is 49.3 Å². The van der Waals surface area contributed by atoms with Crippen molar-refractivity contribution < 1.29 is 14.6 Å². The Kier molecular flexibility index (Phi) is 4.01. The molecule has 0 radical (unpaired) electrons. The molecule has 4 aromatic rings. The summed E-state index contributed by atoms with van der Waals surface area (Å²) >= 11 is 7.46. The Morgan fingerprint density at radius 2 is 1.92 bits per heavy atom. The van der Waals surface area contributed by atoms with E-state index in [-0.39, 0.29) is 5.69 Å². The van der Waals surface area contributed by atoms with Gasteiger partial charge in [0.1, 0.15) is 10.6 Å². The van der Waals surface area contributed by atoms with Crippen LogP contribution in [0.5, 0.6) is 5.75 Å². The summed E-state index contributed by atoms with van der Waals surface area (Å²) in [6.45, 7) is 1.93. The zero-order valence-electron chi connectivity index (χ0n) is 13.9. The summed E-state index contributed by atoms with van der Waals surface area (Å²) in [7, 11) is 1.52. The highest BCUT2D eigenvalue weighted by atomic mass is 35.5. The molecule has 0 saturated carbocycles. The van der Waals surface area contributed by atoms with E-state index in [4.69, 9.17) is 16.3 Å². The first kappa shape index (κ1) is 16.8. The van der Waals surface area contributed by atoms with E-state index in [1.165, 1.54) is 24.5 Å². The fourth-order valence-electron chi connectivity index (χ4n) is 2.94. The number of fused-ring (bicyclic) bond motifs is 3. The van der Waals surface area contributed by atoms with Crippen molar-refractivity contribution in [1.82, 2.24) is 9.97 Å². The third-order valence-electron chi connectivity index (χ3n) is 4.08. The van der Waals surface area contributed by atoms with Gasteiger partial charge in [-0.25, -0.2) is 14.8 Å². The van der Waals surface area contributed by atoms with Gasteiger partial charge in [-0.3, -0.25) is 0 Å². The van der Waals surface area contributed by atoms with E-state index in [1.54, 1.807) is 0 Å². The van der Waals surface area contributed by atoms with Gasteiger partial charge in [0.05, 0.1) is 17.3 Å². The second-order valence-electron chi connectivity index (χ2n) is 5.79. The van der Waals surface area contributed by atoms with Gasteiger partial charge in [-0.05, 0) is 36.2 Å². The molecule has 0 fully saturated rings. The molecular weight excluding hydrogens is 372 g/mol. The molecule has 0 atom stereocenters. The van der Waals surface area contributed by atoms with Gasteiger partial charge in [0.2, 0.25) is 0 Å². The number of aryl methyl sites for hydroxylation is 1. The van der Waals surface area contributed by atoms with Gasteiger partial charge in [0, 0.05) is 22.2 Å². The summed E-state index contributed by atoms with van der Waals surface area (Å²) in [6.07, 6.45) is 0. The van der Waals surface area contributed by atoms with Crippen LogP contribution in [0, 0.1) is 6.92 Å². The van der Waals surface area contributed by atoms with Crippen LogP contribution in [0.25, 0.3) is 31.6 Å². The number of carboxylic acids is 1. The maximum Gasteiger partial charge on any atom is 0.354 e. The van der Waals surface area contributed by atoms with Crippen molar-refractivity contribution in [3.05, 3.63) is 52.8 Å². The van der Waals surface area contributed by atoms with Crippen LogP contribution in [0.4, 0.5) is 0 Å². The number of methoxy groups -OCH3 is 1. The minimum atomic E-state index is -1.10. The van der Waals surface area contributed by atoms with E-state index >= 15 is 0 Å². The predicted molar refractivity (Wildman–Crippen MR) is 104 cm³/mol. The molecule has 26 heavy (non-hydrogen) atoms. The van der Waals surface area contributed by atoms with Gasteiger partial charge in [-0.1, -0.05) is 23.7 Å². The van der Waals surface area contributed by atoms with E-state index in [9.17, 15) is 9.90 Å². The Morgan fingerprint density at radius 1 is 1.19 bits per heavy atom. The normalized spacial score (nSPS) is 11.2. The molecule has 0 aliphatic rings. The Hall–Kier alpha value is -2.70. The van der Waals surface area contributed by atoms with Gasteiger partial charge in [-0.2, -0.15) is 0 Å². The van der Waals surface area contributed by atoms with Crippen molar-refractivity contribution in [2.75, 3.05) is 7.11 Å². The van der Waals surface area contributed by atoms with Gasteiger partial charge in [0.25, 0.3) is 0 Å². The summed E-state index contributed by atoms with van der Waals surface area (Å²) in [6, 6.07) is 10.9. The van der Waals surface area contributed by atoms with Crippen LogP contribution in [0.2, 0.25) is 5.02 Å². The zero-order valence-corrected chi connectivity index (χ0v) is 15.5. The third-order valence-corrected chi connectivity index (χ3v) is 5.42. The minimum absolute atomic E-state index is 0.0586. The molecule has 1 aromatic carbocycles. The number of rotatable bonds is 3. The average Bonchev–Trinajstić information content (AvgIpc) is 2.98. The molecule has 0 bridgehead atoms. The molecule has 7 heteroatoms. The van der Waals surface area contributed by atoms with Crippen LogP contribution >= 0.6 is 22.9 Å². The Morgan fingerprint density at radius 3 is 2.58 bits per heavy atom. The number of pyridine rings is 2. The van der Waals surface area contributed by atoms with Crippen molar-refractivity contribution in [2.24, 2.45) is 0 Å². The Bertz CT molecular complexity index is 1170. The smallest absolute Gasteiger partial charge is 0.354 e. The number of halogens is 1. The number of aromatic nitrogens is 2. The summed E-state index contributed by atoms with van der Waals surface area (Å²) in [4.78, 5) is 21.2. The lowest BCUT2D eigenvalue weighted by Crippen LogP contribution is -2.01. The van der Waals surface area contributed by atoms with E-state index in [2.05, 4.69) is 9.97 Å². The lowest BCUT2D eigenvalue weighted by atomic mass is 10.0. The van der Waals surface area contributed by atoms with E-state index in [0.29, 0.717) is 16.3 Å². The molecular formula is C19H13ClN2O3S. The number of aromatic carboxylic acids is 1. The van der Waals surface area contributed by atoms with Crippen LogP contribution in [-0.2, 0) is 0 Å². The first-order valence-electron chi connectivity index (χ1n) is 7.76. The molecule has 3 heterocycles. The molecule has 0 saturated heterocycles. The topological polar surface area (TPSA) is 72.3 Å². The van der Waals surface area contributed by atoms with Gasteiger partial charge in [0.15, 0.2) is 5.69 Å². The molecule has 0 aliphatic carbocycles. The third kappa shape index (κ3) is 2.67. The highest BCUT2D eigenvalue weighted by Crippen LogP contribution is 2.42. The largest absolute Gasteiger partial charge is 0.495 e. The number of thiophene rings is 1. The molecule has 4 rings (SSSR count). The minimum Gasteiger partial charge on any atom is -0.495 e. The first-order chi connectivity index (χ1) is 12.5. The average molecular weight is 385 g/mol. The van der Waals surface area contributed by atoms with Crippen LogP contribution in [0.3, 0.4) is 0 Å². The standard InChI is InChI=1S/C19H13ClN2O3S/c1-9-7-12(10-3-5-11(20)6-4-10)15-16-17(26-18(15)21-9)14(25-2)8-13(22-16)19(23)24/h3-8H,1-2H3,(H,23,24). The van der Waals surface area contributed by atoms with Crippen molar-refractivity contribution in [3.8, 4) is 16.9 Å². The molecule has 0 amide bonds. The number of hydrogen-bond acceptors (Lipinski definition) is 5. The summed E-state index contributed by atoms with van der Waals surface area (Å²) in [5.74, 6) is -0.618. The first-order valence-corrected chi connectivity index (χ1v) is 8.95. The SMILES string of the molecule is COc1cc(C(=O)O)nc2c1sc1nc(C)cc(-c3ccc(Cl)cc3)c12. The highest BCUT2D eigenvalue weighted by Gasteiger charge is 2.20. The van der Waals surface area contributed by atoms with E-state index < -0.39 is 5.97 Å². The van der Waals surface area contributed by atoms with Crippen molar-refractivity contribution in [2.45, 2.75) is 6.92 Å². The number of ether oxygens (including phenoxy) is 1. The lowest BCUT2D eigenvalue weighted by Gasteiger charge is -2.07. The van der Waals surface area contributed by atoms with Crippen molar-refractivity contribution in [3.63, 3.8) is 0 Å². The van der Waals surface area contributed by atoms with Gasteiger partial charge in [-0.15, -0.1) is 11.3 Å². The number of hydrogen-bond donors (Lipinski definition) is 1. The summed E-state index contributed by atoms with van der Waals surface area (Å²) < 4.78 is 6.18. The summed E-state index contributed by atoms with van der Waals surface area (Å²) in [5, 5.41) is 10.9. The molecule has 0 unspecified atom stereocenters. The summed E-state index contributed by atoms with van der Waals surface area (Å²) in [5.41, 5.74) is 3.29. The second kappa shape index (κ2) is 6.23. The van der Waals surface area contributed by atoms with Crippen LogP contribution in [0.1, 0.15) is 16.2 Å². The second-order valence-corrected chi connectivity index (χ2v) is 7.23. The predicted octanol–water partition coefficient (Wildman–Crippen LogP) is 5.18. The van der Waals surface area contributed by atoms with Gasteiger partial charge >= 0.3 is 5.97 Å². The molecule has 1 N–H and O–H groups in total. The van der Waals surface area contributed by atoms with Crippen LogP contribution in [-0.4, -0.2) is 28.2 Å². The number of nitrogens with zero attached hydrogens (tertiary/aromatic N) is 2. The Balaban J connectivity index is 2.15. The molecule has 0 spiro atoms.